The molecule has 0 aromatic carbocycles. The third-order valence-electron chi connectivity index (χ3n) is 1.35. The average molecular weight is 173 g/mol. The topological polar surface area (TPSA) is 51.8 Å². The van der Waals surface area contributed by atoms with Crippen LogP contribution in [0.5, 0.6) is 0 Å². The Morgan fingerprint density at radius 1 is 1.33 bits per heavy atom. The number of hydrogen-bond acceptors (Lipinski definition) is 3. The highest BCUT2D eigenvalue weighted by Crippen LogP contribution is 2.13. The molecule has 0 aliphatic carbocycles. The summed E-state index contributed by atoms with van der Waals surface area (Å²) in [5.41, 5.74) is 5.39. The number of nitrogens with two attached hydrogens (primary N) is 1. The number of alkyl halides is 2. The summed E-state index contributed by atoms with van der Waals surface area (Å²) in [5.74, 6) is 0.262. The van der Waals surface area contributed by atoms with Gasteiger partial charge in [0.25, 0.3) is 0 Å². The van der Waals surface area contributed by atoms with Gasteiger partial charge in [-0.3, -0.25) is 0 Å². The Bertz CT molecular complexity index is 227. The predicted molar refractivity (Wildman–Crippen MR) is 39.6 cm³/mol. The summed E-state index contributed by atoms with van der Waals surface area (Å²) in [6.45, 7) is 0. The molecule has 0 saturated carbocycles. The van der Waals surface area contributed by atoms with Crippen LogP contribution in [0.25, 0.3) is 0 Å². The molecular formula is C7H9F2N3. The molecule has 0 amide bonds. The van der Waals surface area contributed by atoms with Crippen molar-refractivity contribution >= 4 is 0 Å². The maximum atomic E-state index is 11.8. The van der Waals surface area contributed by atoms with Crippen molar-refractivity contribution in [3.8, 4) is 0 Å². The van der Waals surface area contributed by atoms with Gasteiger partial charge in [0.05, 0.1) is 6.04 Å². The van der Waals surface area contributed by atoms with Crippen LogP contribution >= 0.6 is 0 Å². The highest BCUT2D eigenvalue weighted by molar-refractivity contribution is 4.94. The smallest absolute Gasteiger partial charge is 0.240 e. The molecule has 0 fully saturated rings. The molecule has 0 aliphatic rings. The van der Waals surface area contributed by atoms with Crippen molar-refractivity contribution in [2.24, 2.45) is 5.73 Å². The van der Waals surface area contributed by atoms with Crippen molar-refractivity contribution in [1.29, 1.82) is 0 Å². The zero-order valence-electron chi connectivity index (χ0n) is 6.32. The first-order chi connectivity index (χ1) is 5.70. The van der Waals surface area contributed by atoms with Gasteiger partial charge in [0.1, 0.15) is 5.82 Å². The van der Waals surface area contributed by atoms with Crippen LogP contribution < -0.4 is 5.73 Å². The Morgan fingerprint density at radius 3 is 2.42 bits per heavy atom. The van der Waals surface area contributed by atoms with E-state index in [0.717, 1.165) is 0 Å². The van der Waals surface area contributed by atoms with Crippen molar-refractivity contribution in [3.05, 3.63) is 24.3 Å². The standard InChI is InChI=1S/C7H9F2N3/c8-6(9)4-5(10)7-11-2-1-3-12-7/h1-3,5-6H,4,10H2. The van der Waals surface area contributed by atoms with Crippen LogP contribution in [0.1, 0.15) is 18.3 Å². The molecule has 1 aromatic heterocycles. The summed E-state index contributed by atoms with van der Waals surface area (Å²) in [6, 6.07) is 0.838. The maximum Gasteiger partial charge on any atom is 0.240 e. The second kappa shape index (κ2) is 4.06. The largest absolute Gasteiger partial charge is 0.321 e. The van der Waals surface area contributed by atoms with E-state index >= 15 is 0 Å². The van der Waals surface area contributed by atoms with E-state index in [9.17, 15) is 8.78 Å². The number of nitrogens with zero attached hydrogens (tertiary/aromatic N) is 2. The Kier molecular flexibility index (Phi) is 3.04. The lowest BCUT2D eigenvalue weighted by Crippen LogP contribution is -2.16. The van der Waals surface area contributed by atoms with E-state index in [1.165, 1.54) is 12.4 Å². The van der Waals surface area contributed by atoms with Gasteiger partial charge in [-0.2, -0.15) is 0 Å². The normalized spacial score (nSPS) is 13.3. The molecule has 0 spiro atoms. The van der Waals surface area contributed by atoms with Crippen LogP contribution in [0.4, 0.5) is 8.78 Å². The number of rotatable bonds is 3. The molecule has 12 heavy (non-hydrogen) atoms. The molecule has 1 heterocycles. The van der Waals surface area contributed by atoms with Gasteiger partial charge in [-0.05, 0) is 6.07 Å². The molecule has 0 saturated heterocycles. The monoisotopic (exact) mass is 173 g/mol. The molecule has 3 nitrogen and oxygen atoms in total. The molecule has 66 valence electrons. The number of hydrogen-bond donors (Lipinski definition) is 1. The number of aromatic nitrogens is 2. The Labute approximate surface area is 68.6 Å². The van der Waals surface area contributed by atoms with Crippen LogP contribution in [0, 0.1) is 0 Å². The molecule has 1 atom stereocenters. The summed E-state index contributed by atoms with van der Waals surface area (Å²) < 4.78 is 23.7. The molecule has 0 aliphatic heterocycles. The molecular weight excluding hydrogens is 164 g/mol. The summed E-state index contributed by atoms with van der Waals surface area (Å²) >= 11 is 0. The van der Waals surface area contributed by atoms with Crippen LogP contribution in [0.15, 0.2) is 18.5 Å². The Morgan fingerprint density at radius 2 is 1.92 bits per heavy atom. The highest BCUT2D eigenvalue weighted by Gasteiger charge is 2.14. The van der Waals surface area contributed by atoms with Crippen molar-refractivity contribution in [2.75, 3.05) is 0 Å². The molecule has 5 heteroatoms. The lowest BCUT2D eigenvalue weighted by molar-refractivity contribution is 0.127. The van der Waals surface area contributed by atoms with Gasteiger partial charge < -0.3 is 5.73 Å². The minimum absolute atomic E-state index is 0.262. The third-order valence-corrected chi connectivity index (χ3v) is 1.35. The van der Waals surface area contributed by atoms with E-state index < -0.39 is 18.9 Å². The van der Waals surface area contributed by atoms with E-state index in [2.05, 4.69) is 9.97 Å². The van der Waals surface area contributed by atoms with Gasteiger partial charge in [-0.15, -0.1) is 0 Å². The third kappa shape index (κ3) is 2.50. The first-order valence-corrected chi connectivity index (χ1v) is 3.51. The lowest BCUT2D eigenvalue weighted by atomic mass is 10.2. The van der Waals surface area contributed by atoms with Gasteiger partial charge in [0, 0.05) is 18.8 Å². The van der Waals surface area contributed by atoms with Crippen LogP contribution in [-0.2, 0) is 0 Å². The first kappa shape index (κ1) is 8.99. The van der Waals surface area contributed by atoms with Gasteiger partial charge in [0.15, 0.2) is 0 Å². The van der Waals surface area contributed by atoms with Crippen molar-refractivity contribution in [2.45, 2.75) is 18.9 Å². The van der Waals surface area contributed by atoms with Crippen molar-refractivity contribution in [3.63, 3.8) is 0 Å². The highest BCUT2D eigenvalue weighted by atomic mass is 19.3. The molecule has 0 radical (unpaired) electrons. The average Bonchev–Trinajstić information content (AvgIpc) is 2.05. The summed E-state index contributed by atoms with van der Waals surface area (Å²) in [7, 11) is 0. The minimum atomic E-state index is -2.41. The zero-order chi connectivity index (χ0) is 8.97. The summed E-state index contributed by atoms with van der Waals surface area (Å²) in [4.78, 5) is 7.52. The molecule has 2 N–H and O–H groups in total. The first-order valence-electron chi connectivity index (χ1n) is 3.51. The van der Waals surface area contributed by atoms with Gasteiger partial charge >= 0.3 is 0 Å². The van der Waals surface area contributed by atoms with E-state index in [-0.39, 0.29) is 5.82 Å². The maximum absolute atomic E-state index is 11.8. The van der Waals surface area contributed by atoms with Gasteiger partial charge in [0.2, 0.25) is 6.43 Å². The molecule has 1 unspecified atom stereocenters. The van der Waals surface area contributed by atoms with Gasteiger partial charge in [-0.25, -0.2) is 18.7 Å². The van der Waals surface area contributed by atoms with E-state index in [4.69, 9.17) is 5.73 Å². The lowest BCUT2D eigenvalue weighted by Gasteiger charge is -2.07. The predicted octanol–water partition coefficient (Wildman–Crippen LogP) is 1.13. The SMILES string of the molecule is NC(CC(F)F)c1ncccn1. The quantitative estimate of drug-likeness (QED) is 0.745. The summed E-state index contributed by atoms with van der Waals surface area (Å²) in [6.07, 6.45) is 0.148. The van der Waals surface area contributed by atoms with E-state index in [1.54, 1.807) is 6.07 Å². The minimum Gasteiger partial charge on any atom is -0.321 e. The van der Waals surface area contributed by atoms with Crippen LogP contribution in [-0.4, -0.2) is 16.4 Å². The summed E-state index contributed by atoms with van der Waals surface area (Å²) in [5, 5.41) is 0. The fraction of sp³-hybridized carbons (Fsp3) is 0.429. The second-order valence-corrected chi connectivity index (χ2v) is 2.34. The fourth-order valence-corrected chi connectivity index (χ4v) is 0.799. The number of halogens is 2. The van der Waals surface area contributed by atoms with Gasteiger partial charge in [-0.1, -0.05) is 0 Å². The second-order valence-electron chi connectivity index (χ2n) is 2.34. The zero-order valence-corrected chi connectivity index (χ0v) is 6.32. The Balaban J connectivity index is 2.59. The fourth-order valence-electron chi connectivity index (χ4n) is 0.799. The van der Waals surface area contributed by atoms with Crippen molar-refractivity contribution in [1.82, 2.24) is 9.97 Å². The van der Waals surface area contributed by atoms with E-state index in [1.807, 2.05) is 0 Å². The molecule has 1 rings (SSSR count). The van der Waals surface area contributed by atoms with E-state index in [0.29, 0.717) is 0 Å². The molecule has 1 aromatic rings. The molecule has 0 bridgehead atoms. The van der Waals surface area contributed by atoms with Crippen LogP contribution in [0.2, 0.25) is 0 Å². The Hall–Kier alpha value is -1.10. The van der Waals surface area contributed by atoms with Crippen LogP contribution in [0.3, 0.4) is 0 Å². The van der Waals surface area contributed by atoms with Crippen molar-refractivity contribution < 1.29 is 8.78 Å².